The molecule has 1 saturated carbocycles. The number of nitrogens with one attached hydrogen (secondary N) is 1. The van der Waals surface area contributed by atoms with Crippen molar-refractivity contribution in [3.63, 3.8) is 0 Å². The third kappa shape index (κ3) is 3.45. The molecule has 1 aliphatic heterocycles. The van der Waals surface area contributed by atoms with Crippen molar-refractivity contribution in [2.24, 2.45) is 17.6 Å². The van der Waals surface area contributed by atoms with Gasteiger partial charge in [-0.2, -0.15) is 0 Å². The van der Waals surface area contributed by atoms with Crippen LogP contribution in [-0.2, 0) is 4.79 Å². The lowest BCUT2D eigenvalue weighted by molar-refractivity contribution is -0.127. The Morgan fingerprint density at radius 3 is 2.56 bits per heavy atom. The van der Waals surface area contributed by atoms with Gasteiger partial charge in [0.1, 0.15) is 0 Å². The molecule has 0 aromatic rings. The van der Waals surface area contributed by atoms with E-state index in [1.165, 1.54) is 19.3 Å². The molecule has 0 bridgehead atoms. The van der Waals surface area contributed by atoms with E-state index in [9.17, 15) is 4.79 Å². The van der Waals surface area contributed by atoms with Gasteiger partial charge < -0.3 is 16.0 Å². The SMILES string of the molecule is CN1CCC(C(=O)NC2CCCCC2CN)CC1. The predicted molar refractivity (Wildman–Crippen MR) is 73.2 cm³/mol. The van der Waals surface area contributed by atoms with Crippen LogP contribution in [-0.4, -0.2) is 43.5 Å². The van der Waals surface area contributed by atoms with Crippen LogP contribution in [0.15, 0.2) is 0 Å². The third-order valence-electron chi connectivity index (χ3n) is 4.63. The fourth-order valence-corrected chi connectivity index (χ4v) is 3.25. The highest BCUT2D eigenvalue weighted by molar-refractivity contribution is 5.79. The predicted octanol–water partition coefficient (Wildman–Crippen LogP) is 0.962. The standard InChI is InChI=1S/C14H27N3O/c1-17-8-6-11(7-9-17)14(18)16-13-5-3-2-4-12(13)10-15/h11-13H,2-10,15H2,1H3,(H,16,18). The summed E-state index contributed by atoms with van der Waals surface area (Å²) in [6.45, 7) is 2.80. The molecule has 2 rings (SSSR count). The van der Waals surface area contributed by atoms with E-state index in [2.05, 4.69) is 17.3 Å². The number of nitrogens with zero attached hydrogens (tertiary/aromatic N) is 1. The van der Waals surface area contributed by atoms with Gasteiger partial charge in [-0.05, 0) is 58.3 Å². The first kappa shape index (κ1) is 13.8. The van der Waals surface area contributed by atoms with E-state index in [1.807, 2.05) is 0 Å². The molecule has 1 amide bonds. The van der Waals surface area contributed by atoms with Crippen molar-refractivity contribution in [1.82, 2.24) is 10.2 Å². The first-order valence-corrected chi connectivity index (χ1v) is 7.39. The Labute approximate surface area is 110 Å². The molecule has 0 spiro atoms. The van der Waals surface area contributed by atoms with Crippen LogP contribution in [0.2, 0.25) is 0 Å². The molecule has 18 heavy (non-hydrogen) atoms. The maximum Gasteiger partial charge on any atom is 0.223 e. The summed E-state index contributed by atoms with van der Waals surface area (Å²) in [6.07, 6.45) is 6.79. The van der Waals surface area contributed by atoms with Crippen LogP contribution in [0, 0.1) is 11.8 Å². The summed E-state index contributed by atoms with van der Waals surface area (Å²) in [7, 11) is 2.12. The molecule has 104 valence electrons. The van der Waals surface area contributed by atoms with Gasteiger partial charge in [0, 0.05) is 12.0 Å². The topological polar surface area (TPSA) is 58.4 Å². The number of nitrogens with two attached hydrogens (primary N) is 1. The Bertz CT molecular complexity index is 274. The summed E-state index contributed by atoms with van der Waals surface area (Å²) in [5.41, 5.74) is 5.81. The van der Waals surface area contributed by atoms with Crippen LogP contribution >= 0.6 is 0 Å². The average molecular weight is 253 g/mol. The lowest BCUT2D eigenvalue weighted by Gasteiger charge is -2.34. The molecule has 1 aliphatic carbocycles. The smallest absolute Gasteiger partial charge is 0.223 e. The van der Waals surface area contributed by atoms with Gasteiger partial charge in [-0.25, -0.2) is 0 Å². The second kappa shape index (κ2) is 6.53. The van der Waals surface area contributed by atoms with Crippen LogP contribution in [0.25, 0.3) is 0 Å². The minimum Gasteiger partial charge on any atom is -0.353 e. The summed E-state index contributed by atoms with van der Waals surface area (Å²) in [5, 5.41) is 3.27. The number of carbonyl (C=O) groups excluding carboxylic acids is 1. The van der Waals surface area contributed by atoms with E-state index < -0.39 is 0 Å². The van der Waals surface area contributed by atoms with Crippen molar-refractivity contribution in [3.8, 4) is 0 Å². The molecular formula is C14H27N3O. The number of rotatable bonds is 3. The second-order valence-corrected chi connectivity index (χ2v) is 5.97. The van der Waals surface area contributed by atoms with Crippen LogP contribution < -0.4 is 11.1 Å². The van der Waals surface area contributed by atoms with Crippen molar-refractivity contribution in [2.75, 3.05) is 26.7 Å². The fraction of sp³-hybridized carbons (Fsp3) is 0.929. The van der Waals surface area contributed by atoms with Crippen LogP contribution in [0.4, 0.5) is 0 Å². The lowest BCUT2D eigenvalue weighted by Crippen LogP contribution is -2.48. The monoisotopic (exact) mass is 253 g/mol. The van der Waals surface area contributed by atoms with Crippen molar-refractivity contribution < 1.29 is 4.79 Å². The Balaban J connectivity index is 1.82. The quantitative estimate of drug-likeness (QED) is 0.788. The van der Waals surface area contributed by atoms with Gasteiger partial charge in [-0.3, -0.25) is 4.79 Å². The molecule has 1 saturated heterocycles. The van der Waals surface area contributed by atoms with E-state index in [1.54, 1.807) is 0 Å². The highest BCUT2D eigenvalue weighted by Crippen LogP contribution is 2.24. The maximum absolute atomic E-state index is 12.3. The van der Waals surface area contributed by atoms with Crippen molar-refractivity contribution >= 4 is 5.91 Å². The summed E-state index contributed by atoms with van der Waals surface area (Å²) in [5.74, 6) is 0.990. The normalized spacial score (nSPS) is 31.2. The van der Waals surface area contributed by atoms with Gasteiger partial charge in [0.2, 0.25) is 5.91 Å². The molecule has 0 radical (unpaired) electrons. The van der Waals surface area contributed by atoms with E-state index >= 15 is 0 Å². The lowest BCUT2D eigenvalue weighted by atomic mass is 9.84. The molecule has 2 aliphatic rings. The number of carbonyl (C=O) groups is 1. The average Bonchev–Trinajstić information content (AvgIpc) is 2.40. The molecular weight excluding hydrogens is 226 g/mol. The molecule has 2 unspecified atom stereocenters. The molecule has 4 nitrogen and oxygen atoms in total. The van der Waals surface area contributed by atoms with Crippen LogP contribution in [0.1, 0.15) is 38.5 Å². The van der Waals surface area contributed by atoms with Crippen LogP contribution in [0.5, 0.6) is 0 Å². The Hall–Kier alpha value is -0.610. The Morgan fingerprint density at radius 1 is 1.22 bits per heavy atom. The first-order chi connectivity index (χ1) is 8.70. The molecule has 3 N–H and O–H groups in total. The second-order valence-electron chi connectivity index (χ2n) is 5.97. The molecule has 2 atom stereocenters. The van der Waals surface area contributed by atoms with Crippen LogP contribution in [0.3, 0.4) is 0 Å². The molecule has 0 aromatic heterocycles. The number of hydrogen-bond donors (Lipinski definition) is 2. The molecule has 0 aromatic carbocycles. The van der Waals surface area contributed by atoms with E-state index in [4.69, 9.17) is 5.73 Å². The van der Waals surface area contributed by atoms with Gasteiger partial charge in [-0.1, -0.05) is 12.8 Å². The number of likely N-dealkylation sites (tertiary alicyclic amines) is 1. The Morgan fingerprint density at radius 2 is 1.89 bits per heavy atom. The molecule has 4 heteroatoms. The summed E-state index contributed by atoms with van der Waals surface area (Å²) >= 11 is 0. The van der Waals surface area contributed by atoms with Gasteiger partial charge in [0.25, 0.3) is 0 Å². The minimum atomic E-state index is 0.224. The maximum atomic E-state index is 12.3. The molecule has 1 heterocycles. The van der Waals surface area contributed by atoms with Crippen molar-refractivity contribution in [3.05, 3.63) is 0 Å². The van der Waals surface area contributed by atoms with Gasteiger partial charge in [0.05, 0.1) is 0 Å². The number of hydrogen-bond acceptors (Lipinski definition) is 3. The summed E-state index contributed by atoms with van der Waals surface area (Å²) in [6, 6.07) is 0.330. The van der Waals surface area contributed by atoms with Gasteiger partial charge in [-0.15, -0.1) is 0 Å². The first-order valence-electron chi connectivity index (χ1n) is 7.39. The zero-order chi connectivity index (χ0) is 13.0. The zero-order valence-corrected chi connectivity index (χ0v) is 11.5. The highest BCUT2D eigenvalue weighted by atomic mass is 16.1. The highest BCUT2D eigenvalue weighted by Gasteiger charge is 2.29. The van der Waals surface area contributed by atoms with E-state index in [0.29, 0.717) is 18.5 Å². The fourth-order valence-electron chi connectivity index (χ4n) is 3.25. The van der Waals surface area contributed by atoms with E-state index in [-0.39, 0.29) is 11.8 Å². The largest absolute Gasteiger partial charge is 0.353 e. The summed E-state index contributed by atoms with van der Waals surface area (Å²) < 4.78 is 0. The zero-order valence-electron chi connectivity index (χ0n) is 11.5. The van der Waals surface area contributed by atoms with Gasteiger partial charge >= 0.3 is 0 Å². The van der Waals surface area contributed by atoms with Gasteiger partial charge in [0.15, 0.2) is 0 Å². The van der Waals surface area contributed by atoms with Crippen molar-refractivity contribution in [2.45, 2.75) is 44.6 Å². The summed E-state index contributed by atoms with van der Waals surface area (Å²) in [4.78, 5) is 14.6. The number of piperidine rings is 1. The molecule has 2 fully saturated rings. The number of amides is 1. The Kier molecular flexibility index (Phi) is 5.01. The van der Waals surface area contributed by atoms with E-state index in [0.717, 1.165) is 32.4 Å². The third-order valence-corrected chi connectivity index (χ3v) is 4.63. The van der Waals surface area contributed by atoms with Crippen molar-refractivity contribution in [1.29, 1.82) is 0 Å². The minimum absolute atomic E-state index is 0.224.